The molecule has 0 saturated carbocycles. The minimum Gasteiger partial charge on any atom is -0.479 e. The van der Waals surface area contributed by atoms with Crippen molar-refractivity contribution in [1.29, 1.82) is 0 Å². The lowest BCUT2D eigenvalue weighted by molar-refractivity contribution is -0.151. The van der Waals surface area contributed by atoms with Crippen LogP contribution >= 0.6 is 11.6 Å². The van der Waals surface area contributed by atoms with Crippen molar-refractivity contribution in [3.8, 4) is 0 Å². The molecule has 21 heavy (non-hydrogen) atoms. The van der Waals surface area contributed by atoms with E-state index in [4.69, 9.17) is 21.4 Å². The fraction of sp³-hybridized carbons (Fsp3) is 0.467. The van der Waals surface area contributed by atoms with Gasteiger partial charge in [-0.1, -0.05) is 30.7 Å². The van der Waals surface area contributed by atoms with Crippen molar-refractivity contribution in [1.82, 2.24) is 5.32 Å². The van der Waals surface area contributed by atoms with Gasteiger partial charge in [0.05, 0.1) is 6.04 Å². The summed E-state index contributed by atoms with van der Waals surface area (Å²) in [4.78, 5) is 23.0. The molecule has 0 spiro atoms. The molecular weight excluding hydrogens is 294 g/mol. The summed E-state index contributed by atoms with van der Waals surface area (Å²) in [6.07, 6.45) is -0.0801. The standard InChI is InChI=1S/C15H18ClNO4/c1-2-11(9-4-3-5-10(16)8-9)17-14(18)12-6-7-13(21-12)15(19)20/h3-5,8,11-13H,2,6-7H2,1H3,(H,17,18)(H,19,20). The molecule has 1 heterocycles. The first-order chi connectivity index (χ1) is 10.0. The van der Waals surface area contributed by atoms with E-state index in [1.54, 1.807) is 6.07 Å². The second kappa shape index (κ2) is 6.91. The number of hydrogen-bond donors (Lipinski definition) is 2. The van der Waals surface area contributed by atoms with Crippen LogP contribution in [0, 0.1) is 0 Å². The van der Waals surface area contributed by atoms with E-state index in [1.165, 1.54) is 0 Å². The summed E-state index contributed by atoms with van der Waals surface area (Å²) >= 11 is 5.96. The Bertz CT molecular complexity index is 534. The Kier molecular flexibility index (Phi) is 5.20. The van der Waals surface area contributed by atoms with Crippen LogP contribution in [0.3, 0.4) is 0 Å². The minimum absolute atomic E-state index is 0.163. The molecule has 114 valence electrons. The zero-order valence-corrected chi connectivity index (χ0v) is 12.5. The normalized spacial score (nSPS) is 22.8. The zero-order chi connectivity index (χ0) is 15.4. The van der Waals surface area contributed by atoms with E-state index < -0.39 is 18.2 Å². The molecule has 0 radical (unpaired) electrons. The molecule has 3 atom stereocenters. The smallest absolute Gasteiger partial charge is 0.332 e. The molecule has 5 nitrogen and oxygen atoms in total. The molecule has 0 bridgehead atoms. The largest absolute Gasteiger partial charge is 0.479 e. The van der Waals surface area contributed by atoms with Gasteiger partial charge in [0.2, 0.25) is 5.91 Å². The average Bonchev–Trinajstić information content (AvgIpc) is 2.94. The number of rotatable bonds is 5. The van der Waals surface area contributed by atoms with E-state index in [0.717, 1.165) is 5.56 Å². The van der Waals surface area contributed by atoms with E-state index in [2.05, 4.69) is 5.32 Å². The van der Waals surface area contributed by atoms with Gasteiger partial charge in [-0.25, -0.2) is 4.79 Å². The van der Waals surface area contributed by atoms with Crippen molar-refractivity contribution in [3.05, 3.63) is 34.9 Å². The highest BCUT2D eigenvalue weighted by Crippen LogP contribution is 2.23. The molecule has 2 rings (SSSR count). The Morgan fingerprint density at radius 3 is 2.71 bits per heavy atom. The third kappa shape index (κ3) is 3.95. The lowest BCUT2D eigenvalue weighted by Crippen LogP contribution is -2.37. The molecule has 1 aromatic carbocycles. The van der Waals surface area contributed by atoms with Gasteiger partial charge < -0.3 is 15.2 Å². The summed E-state index contributed by atoms with van der Waals surface area (Å²) < 4.78 is 5.25. The number of carbonyl (C=O) groups excluding carboxylic acids is 1. The maximum absolute atomic E-state index is 12.2. The van der Waals surface area contributed by atoms with Gasteiger partial charge >= 0.3 is 5.97 Å². The van der Waals surface area contributed by atoms with Crippen LogP contribution in [0.4, 0.5) is 0 Å². The van der Waals surface area contributed by atoms with Crippen molar-refractivity contribution in [2.75, 3.05) is 0 Å². The summed E-state index contributed by atoms with van der Waals surface area (Å²) in [5, 5.41) is 12.4. The first kappa shape index (κ1) is 15.8. The SMILES string of the molecule is CCC(NC(=O)C1CCC(C(=O)O)O1)c1cccc(Cl)c1. The van der Waals surface area contributed by atoms with Crippen molar-refractivity contribution < 1.29 is 19.4 Å². The third-order valence-electron chi connectivity index (χ3n) is 3.56. The number of carboxylic acids is 1. The highest BCUT2D eigenvalue weighted by atomic mass is 35.5. The van der Waals surface area contributed by atoms with Crippen LogP contribution in [0.15, 0.2) is 24.3 Å². The number of carboxylic acid groups (broad SMARTS) is 1. The van der Waals surface area contributed by atoms with Gasteiger partial charge in [-0.05, 0) is 37.0 Å². The Labute approximate surface area is 128 Å². The second-order valence-electron chi connectivity index (χ2n) is 5.05. The molecule has 2 N–H and O–H groups in total. The summed E-state index contributed by atoms with van der Waals surface area (Å²) in [6.45, 7) is 1.96. The van der Waals surface area contributed by atoms with Crippen LogP contribution in [0.2, 0.25) is 5.02 Å². The van der Waals surface area contributed by atoms with E-state index >= 15 is 0 Å². The fourth-order valence-corrected chi connectivity index (χ4v) is 2.62. The maximum atomic E-state index is 12.2. The van der Waals surface area contributed by atoms with Crippen LogP contribution in [0.1, 0.15) is 37.8 Å². The number of halogens is 1. The molecule has 3 unspecified atom stereocenters. The number of carbonyl (C=O) groups is 2. The maximum Gasteiger partial charge on any atom is 0.332 e. The van der Waals surface area contributed by atoms with E-state index in [-0.39, 0.29) is 11.9 Å². The third-order valence-corrected chi connectivity index (χ3v) is 3.80. The van der Waals surface area contributed by atoms with Crippen LogP contribution in [0.5, 0.6) is 0 Å². The average molecular weight is 312 g/mol. The molecule has 1 amide bonds. The molecule has 0 aliphatic carbocycles. The number of nitrogens with one attached hydrogen (secondary N) is 1. The number of ether oxygens (including phenoxy) is 1. The first-order valence-corrected chi connectivity index (χ1v) is 7.33. The molecule has 1 aliphatic rings. The van der Waals surface area contributed by atoms with Crippen LogP contribution in [-0.4, -0.2) is 29.2 Å². The second-order valence-corrected chi connectivity index (χ2v) is 5.49. The van der Waals surface area contributed by atoms with E-state index in [0.29, 0.717) is 24.3 Å². The Morgan fingerprint density at radius 2 is 2.14 bits per heavy atom. The predicted molar refractivity (Wildman–Crippen MR) is 78.2 cm³/mol. The summed E-state index contributed by atoms with van der Waals surface area (Å²) in [5.41, 5.74) is 0.922. The quantitative estimate of drug-likeness (QED) is 0.876. The number of benzene rings is 1. The van der Waals surface area contributed by atoms with Crippen molar-refractivity contribution in [2.45, 2.75) is 44.4 Å². The van der Waals surface area contributed by atoms with Crippen LogP contribution < -0.4 is 5.32 Å². The molecular formula is C15H18ClNO4. The fourth-order valence-electron chi connectivity index (χ4n) is 2.42. The topological polar surface area (TPSA) is 75.6 Å². The van der Waals surface area contributed by atoms with Gasteiger partial charge in [-0.3, -0.25) is 4.79 Å². The minimum atomic E-state index is -1.02. The van der Waals surface area contributed by atoms with Crippen molar-refractivity contribution in [2.24, 2.45) is 0 Å². The Morgan fingerprint density at radius 1 is 1.43 bits per heavy atom. The summed E-state index contributed by atoms with van der Waals surface area (Å²) in [5.74, 6) is -1.29. The van der Waals surface area contributed by atoms with Gasteiger partial charge in [-0.15, -0.1) is 0 Å². The molecule has 0 aromatic heterocycles. The van der Waals surface area contributed by atoms with Gasteiger partial charge in [0, 0.05) is 5.02 Å². The number of amides is 1. The molecule has 1 aliphatic heterocycles. The molecule has 1 saturated heterocycles. The van der Waals surface area contributed by atoms with Crippen molar-refractivity contribution >= 4 is 23.5 Å². The van der Waals surface area contributed by atoms with Crippen LogP contribution in [-0.2, 0) is 14.3 Å². The first-order valence-electron chi connectivity index (χ1n) is 6.95. The highest BCUT2D eigenvalue weighted by Gasteiger charge is 2.35. The molecule has 6 heteroatoms. The summed E-state index contributed by atoms with van der Waals surface area (Å²) in [7, 11) is 0. The van der Waals surface area contributed by atoms with E-state index in [1.807, 2.05) is 25.1 Å². The Hall–Kier alpha value is -1.59. The lowest BCUT2D eigenvalue weighted by Gasteiger charge is -2.20. The Balaban J connectivity index is 1.99. The predicted octanol–water partition coefficient (Wildman–Crippen LogP) is 2.54. The zero-order valence-electron chi connectivity index (χ0n) is 11.7. The number of aliphatic carboxylic acids is 1. The summed E-state index contributed by atoms with van der Waals surface area (Å²) in [6, 6.07) is 7.15. The number of hydrogen-bond acceptors (Lipinski definition) is 3. The highest BCUT2D eigenvalue weighted by molar-refractivity contribution is 6.30. The lowest BCUT2D eigenvalue weighted by atomic mass is 10.0. The van der Waals surface area contributed by atoms with Gasteiger partial charge in [-0.2, -0.15) is 0 Å². The molecule has 1 aromatic rings. The van der Waals surface area contributed by atoms with Gasteiger partial charge in [0.25, 0.3) is 0 Å². The monoisotopic (exact) mass is 311 g/mol. The van der Waals surface area contributed by atoms with Crippen molar-refractivity contribution in [3.63, 3.8) is 0 Å². The van der Waals surface area contributed by atoms with Gasteiger partial charge in [0.15, 0.2) is 6.10 Å². The van der Waals surface area contributed by atoms with Crippen LogP contribution in [0.25, 0.3) is 0 Å². The van der Waals surface area contributed by atoms with E-state index in [9.17, 15) is 9.59 Å². The van der Waals surface area contributed by atoms with Gasteiger partial charge in [0.1, 0.15) is 6.10 Å². The molecule has 1 fully saturated rings.